The summed E-state index contributed by atoms with van der Waals surface area (Å²) in [6.45, 7) is 2.20. The summed E-state index contributed by atoms with van der Waals surface area (Å²) in [6, 6.07) is 20.0. The largest absolute Gasteiger partial charge is 0.491 e. The summed E-state index contributed by atoms with van der Waals surface area (Å²) in [5.74, 6) is -2.69. The van der Waals surface area contributed by atoms with E-state index in [0.29, 0.717) is 5.39 Å². The monoisotopic (exact) mass is 448 g/mol. The van der Waals surface area contributed by atoms with E-state index in [1.165, 1.54) is 31.1 Å². The number of hydrogen-bond donors (Lipinski definition) is 0. The molecule has 4 aromatic carbocycles. The van der Waals surface area contributed by atoms with Crippen LogP contribution in [0.15, 0.2) is 66.7 Å². The lowest BCUT2D eigenvalue weighted by molar-refractivity contribution is 0.360. The first-order valence-electron chi connectivity index (χ1n) is 11.3. The van der Waals surface area contributed by atoms with Crippen molar-refractivity contribution in [2.24, 2.45) is 0 Å². The van der Waals surface area contributed by atoms with E-state index in [1.54, 1.807) is 18.2 Å². The fourth-order valence-corrected chi connectivity index (χ4v) is 4.17. The highest BCUT2D eigenvalue weighted by Crippen LogP contribution is 2.33. The Balaban J connectivity index is 1.53. The molecular weight excluding hydrogens is 421 g/mol. The number of unbranched alkanes of at least 4 members (excludes halogenated alkanes) is 1. The van der Waals surface area contributed by atoms with Gasteiger partial charge in [0.05, 0.1) is 7.11 Å². The molecule has 0 fully saturated rings. The molecule has 0 aliphatic heterocycles. The van der Waals surface area contributed by atoms with Crippen molar-refractivity contribution in [3.05, 3.63) is 101 Å². The van der Waals surface area contributed by atoms with Crippen LogP contribution in [-0.4, -0.2) is 7.11 Å². The summed E-state index contributed by atoms with van der Waals surface area (Å²) < 4.78 is 48.2. The quantitative estimate of drug-likeness (QED) is 0.265. The minimum atomic E-state index is -0.860. The second-order valence-electron chi connectivity index (χ2n) is 8.38. The average Bonchev–Trinajstić information content (AvgIpc) is 2.82. The van der Waals surface area contributed by atoms with Gasteiger partial charge in [0.25, 0.3) is 0 Å². The van der Waals surface area contributed by atoms with Gasteiger partial charge in [-0.05, 0) is 65.5 Å². The van der Waals surface area contributed by atoms with Crippen LogP contribution in [0.25, 0.3) is 21.9 Å². The molecular formula is C29H27F3O. The van der Waals surface area contributed by atoms with Crippen LogP contribution in [-0.2, 0) is 19.3 Å². The number of aryl methyl sites for hydroxylation is 3. The third kappa shape index (κ3) is 5.05. The fraction of sp³-hybridized carbons (Fsp3) is 0.241. The van der Waals surface area contributed by atoms with Gasteiger partial charge in [-0.3, -0.25) is 0 Å². The van der Waals surface area contributed by atoms with E-state index in [4.69, 9.17) is 4.74 Å². The van der Waals surface area contributed by atoms with E-state index in [-0.39, 0.29) is 11.1 Å². The second-order valence-corrected chi connectivity index (χ2v) is 8.38. The molecule has 0 aromatic heterocycles. The van der Waals surface area contributed by atoms with E-state index in [1.807, 2.05) is 12.1 Å². The molecule has 4 rings (SSSR count). The van der Waals surface area contributed by atoms with Crippen molar-refractivity contribution in [2.45, 2.75) is 39.0 Å². The van der Waals surface area contributed by atoms with Gasteiger partial charge >= 0.3 is 0 Å². The molecule has 0 N–H and O–H groups in total. The smallest absolute Gasteiger partial charge is 0.190 e. The van der Waals surface area contributed by atoms with Crippen LogP contribution in [0, 0.1) is 17.5 Å². The summed E-state index contributed by atoms with van der Waals surface area (Å²) in [5.41, 5.74) is 4.05. The lowest BCUT2D eigenvalue weighted by Crippen LogP contribution is -1.96. The highest BCUT2D eigenvalue weighted by atomic mass is 19.1. The van der Waals surface area contributed by atoms with Crippen molar-refractivity contribution in [1.82, 2.24) is 0 Å². The zero-order valence-corrected chi connectivity index (χ0v) is 18.9. The molecule has 0 amide bonds. The molecule has 4 heteroatoms. The lowest BCUT2D eigenvalue weighted by Gasteiger charge is -2.11. The number of halogens is 3. The SMILES string of the molecule is CCCCc1ccc(CCc2ccc3c(F)c(-c4cc(F)c(OC)c(F)c4)ccc3c2)cc1. The molecule has 4 aromatic rings. The highest BCUT2D eigenvalue weighted by Gasteiger charge is 2.16. The Morgan fingerprint density at radius 1 is 0.697 bits per heavy atom. The lowest BCUT2D eigenvalue weighted by atomic mass is 9.96. The zero-order valence-electron chi connectivity index (χ0n) is 18.9. The molecule has 1 nitrogen and oxygen atoms in total. The van der Waals surface area contributed by atoms with Crippen LogP contribution in [0.5, 0.6) is 5.75 Å². The van der Waals surface area contributed by atoms with Crippen LogP contribution in [0.3, 0.4) is 0 Å². The predicted molar refractivity (Wildman–Crippen MR) is 128 cm³/mol. The molecule has 33 heavy (non-hydrogen) atoms. The van der Waals surface area contributed by atoms with Crippen molar-refractivity contribution in [3.8, 4) is 16.9 Å². The maximum Gasteiger partial charge on any atom is 0.190 e. The Morgan fingerprint density at radius 3 is 1.94 bits per heavy atom. The highest BCUT2D eigenvalue weighted by molar-refractivity contribution is 5.89. The minimum absolute atomic E-state index is 0.136. The van der Waals surface area contributed by atoms with Crippen molar-refractivity contribution >= 4 is 10.8 Å². The van der Waals surface area contributed by atoms with Crippen molar-refractivity contribution in [2.75, 3.05) is 7.11 Å². The van der Waals surface area contributed by atoms with Gasteiger partial charge in [0, 0.05) is 10.9 Å². The maximum atomic E-state index is 15.2. The number of benzene rings is 4. The Labute approximate surface area is 192 Å². The van der Waals surface area contributed by atoms with E-state index < -0.39 is 23.2 Å². The normalized spacial score (nSPS) is 11.2. The first-order chi connectivity index (χ1) is 16.0. The number of fused-ring (bicyclic) bond motifs is 1. The van der Waals surface area contributed by atoms with E-state index >= 15 is 4.39 Å². The van der Waals surface area contributed by atoms with E-state index in [2.05, 4.69) is 31.2 Å². The van der Waals surface area contributed by atoms with Gasteiger partial charge in [0.1, 0.15) is 5.82 Å². The number of hydrogen-bond acceptors (Lipinski definition) is 1. The Kier molecular flexibility index (Phi) is 7.02. The summed E-state index contributed by atoms with van der Waals surface area (Å²) in [7, 11) is 1.19. The molecule has 0 saturated carbocycles. The van der Waals surface area contributed by atoms with Crippen LogP contribution in [0.4, 0.5) is 13.2 Å². The number of methoxy groups -OCH3 is 1. The summed E-state index contributed by atoms with van der Waals surface area (Å²) in [6.07, 6.45) is 5.27. The molecule has 0 aliphatic rings. The Bertz CT molecular complexity index is 1240. The molecule has 0 bridgehead atoms. The van der Waals surface area contributed by atoms with Gasteiger partial charge in [-0.2, -0.15) is 0 Å². The fourth-order valence-electron chi connectivity index (χ4n) is 4.17. The second kappa shape index (κ2) is 10.1. The zero-order chi connectivity index (χ0) is 23.4. The standard InChI is InChI=1S/C29H27F3O/c1-3-4-5-19-6-8-20(9-7-19)10-11-21-12-14-24-22(16-21)13-15-25(28(24)32)23-17-26(30)29(33-2)27(31)18-23/h6-9,12-18H,3-5,10-11H2,1-2H3. The molecule has 0 radical (unpaired) electrons. The minimum Gasteiger partial charge on any atom is -0.491 e. The van der Waals surface area contributed by atoms with E-state index in [9.17, 15) is 8.78 Å². The first kappa shape index (κ1) is 22.9. The molecule has 0 saturated heterocycles. The molecule has 0 unspecified atom stereocenters. The van der Waals surface area contributed by atoms with Crippen LogP contribution in [0.1, 0.15) is 36.5 Å². The predicted octanol–water partition coefficient (Wildman–Crippen LogP) is 8.06. The van der Waals surface area contributed by atoms with Crippen molar-refractivity contribution < 1.29 is 17.9 Å². The van der Waals surface area contributed by atoms with Gasteiger partial charge in [-0.25, -0.2) is 13.2 Å². The Hall–Kier alpha value is -3.27. The van der Waals surface area contributed by atoms with E-state index in [0.717, 1.165) is 42.3 Å². The van der Waals surface area contributed by atoms with Crippen LogP contribution in [0.2, 0.25) is 0 Å². The third-order valence-corrected chi connectivity index (χ3v) is 6.08. The molecule has 0 spiro atoms. The summed E-state index contributed by atoms with van der Waals surface area (Å²) >= 11 is 0. The third-order valence-electron chi connectivity index (χ3n) is 6.08. The Morgan fingerprint density at radius 2 is 1.30 bits per heavy atom. The van der Waals surface area contributed by atoms with Crippen LogP contribution < -0.4 is 4.74 Å². The first-order valence-corrected chi connectivity index (χ1v) is 11.3. The molecule has 0 atom stereocenters. The summed E-state index contributed by atoms with van der Waals surface area (Å²) in [5, 5.41) is 1.19. The van der Waals surface area contributed by atoms with Gasteiger partial charge in [-0.15, -0.1) is 0 Å². The molecule has 0 heterocycles. The number of ether oxygens (including phenoxy) is 1. The van der Waals surface area contributed by atoms with Gasteiger partial charge < -0.3 is 4.74 Å². The van der Waals surface area contributed by atoms with Gasteiger partial charge in [0.2, 0.25) is 0 Å². The van der Waals surface area contributed by atoms with Crippen molar-refractivity contribution in [1.29, 1.82) is 0 Å². The summed E-state index contributed by atoms with van der Waals surface area (Å²) in [4.78, 5) is 0. The van der Waals surface area contributed by atoms with Gasteiger partial charge in [-0.1, -0.05) is 67.9 Å². The molecule has 0 aliphatic carbocycles. The topological polar surface area (TPSA) is 9.23 Å². The molecule has 170 valence electrons. The number of rotatable bonds is 8. The average molecular weight is 449 g/mol. The van der Waals surface area contributed by atoms with Gasteiger partial charge in [0.15, 0.2) is 17.4 Å². The van der Waals surface area contributed by atoms with Crippen LogP contribution >= 0.6 is 0 Å². The van der Waals surface area contributed by atoms with Crippen molar-refractivity contribution in [3.63, 3.8) is 0 Å². The maximum absolute atomic E-state index is 15.2.